The molecule has 0 atom stereocenters. The van der Waals surface area contributed by atoms with Crippen molar-refractivity contribution in [2.75, 3.05) is 11.9 Å². The summed E-state index contributed by atoms with van der Waals surface area (Å²) in [5.74, 6) is -2.47. The van der Waals surface area contributed by atoms with E-state index in [1.165, 1.54) is 11.1 Å². The van der Waals surface area contributed by atoms with Crippen LogP contribution in [0.15, 0.2) is 59.0 Å². The molecular formula is C22H18F2N4O2S. The van der Waals surface area contributed by atoms with Crippen LogP contribution in [0, 0.1) is 11.6 Å². The predicted octanol–water partition coefficient (Wildman–Crippen LogP) is 4.44. The summed E-state index contributed by atoms with van der Waals surface area (Å²) in [6.45, 7) is 0.495. The number of halogens is 2. The highest BCUT2D eigenvalue weighted by Gasteiger charge is 2.22. The summed E-state index contributed by atoms with van der Waals surface area (Å²) >= 11 is 1.16. The maximum atomic E-state index is 13.4. The van der Waals surface area contributed by atoms with Crippen molar-refractivity contribution < 1.29 is 18.4 Å². The number of nitrogens with one attached hydrogen (secondary N) is 1. The lowest BCUT2D eigenvalue weighted by Gasteiger charge is -2.10. The van der Waals surface area contributed by atoms with Crippen LogP contribution in [0.1, 0.15) is 24.8 Å². The fourth-order valence-electron chi connectivity index (χ4n) is 3.12. The molecule has 0 saturated carbocycles. The van der Waals surface area contributed by atoms with Crippen molar-refractivity contribution in [3.63, 3.8) is 0 Å². The summed E-state index contributed by atoms with van der Waals surface area (Å²) < 4.78 is 26.5. The van der Waals surface area contributed by atoms with E-state index < -0.39 is 11.6 Å². The van der Waals surface area contributed by atoms with Gasteiger partial charge < -0.3 is 5.32 Å². The van der Waals surface area contributed by atoms with Gasteiger partial charge in [0.25, 0.3) is 0 Å². The van der Waals surface area contributed by atoms with Gasteiger partial charge in [0.2, 0.25) is 11.8 Å². The van der Waals surface area contributed by atoms with Crippen LogP contribution in [-0.4, -0.2) is 34.1 Å². The van der Waals surface area contributed by atoms with E-state index in [9.17, 15) is 18.4 Å². The van der Waals surface area contributed by atoms with E-state index in [0.717, 1.165) is 34.7 Å². The molecule has 4 rings (SSSR count). The topological polar surface area (TPSA) is 74.7 Å². The lowest BCUT2D eigenvalue weighted by molar-refractivity contribution is -0.132. The molecule has 0 unspecified atom stereocenters. The maximum absolute atomic E-state index is 13.4. The van der Waals surface area contributed by atoms with Crippen LogP contribution >= 0.6 is 11.3 Å². The number of rotatable bonds is 6. The third-order valence-electron chi connectivity index (χ3n) is 4.73. The SMILES string of the molecule is O=C(CCC(=O)N1CCC(c2ccccc2)=N1)Nc1nc(-c2ccc(F)c(F)c2)cs1. The second-order valence-electron chi connectivity index (χ2n) is 6.89. The zero-order valence-electron chi connectivity index (χ0n) is 16.3. The van der Waals surface area contributed by atoms with Gasteiger partial charge in [-0.15, -0.1) is 11.3 Å². The van der Waals surface area contributed by atoms with Gasteiger partial charge in [-0.05, 0) is 23.8 Å². The summed E-state index contributed by atoms with van der Waals surface area (Å²) in [6.07, 6.45) is 0.693. The van der Waals surface area contributed by atoms with Crippen LogP contribution in [0.2, 0.25) is 0 Å². The first kappa shape index (κ1) is 20.8. The number of aromatic nitrogens is 1. The Morgan fingerprint density at radius 2 is 1.84 bits per heavy atom. The molecule has 0 spiro atoms. The molecule has 1 N–H and O–H groups in total. The molecule has 2 amide bonds. The van der Waals surface area contributed by atoms with Gasteiger partial charge in [-0.2, -0.15) is 5.10 Å². The molecule has 6 nitrogen and oxygen atoms in total. The fraction of sp³-hybridized carbons (Fsp3) is 0.182. The Labute approximate surface area is 181 Å². The maximum Gasteiger partial charge on any atom is 0.243 e. The average molecular weight is 440 g/mol. The number of amides is 2. The number of hydrogen-bond acceptors (Lipinski definition) is 5. The van der Waals surface area contributed by atoms with Crippen molar-refractivity contribution >= 4 is 34.0 Å². The first-order valence-electron chi connectivity index (χ1n) is 9.63. The zero-order valence-corrected chi connectivity index (χ0v) is 17.2. The number of hydrogen-bond donors (Lipinski definition) is 1. The highest BCUT2D eigenvalue weighted by molar-refractivity contribution is 7.14. The highest BCUT2D eigenvalue weighted by Crippen LogP contribution is 2.26. The number of nitrogens with zero attached hydrogens (tertiary/aromatic N) is 3. The highest BCUT2D eigenvalue weighted by atomic mass is 32.1. The number of carbonyl (C=O) groups is 2. The molecule has 1 aliphatic heterocycles. The molecule has 0 saturated heterocycles. The van der Waals surface area contributed by atoms with E-state index in [4.69, 9.17) is 0 Å². The van der Waals surface area contributed by atoms with E-state index >= 15 is 0 Å². The van der Waals surface area contributed by atoms with Crippen molar-refractivity contribution in [2.24, 2.45) is 5.10 Å². The normalized spacial score (nSPS) is 13.2. The molecule has 1 aromatic heterocycles. The minimum absolute atomic E-state index is 0.00832. The van der Waals surface area contributed by atoms with Crippen molar-refractivity contribution in [1.82, 2.24) is 9.99 Å². The molecule has 2 heterocycles. The van der Waals surface area contributed by atoms with Gasteiger partial charge in [-0.3, -0.25) is 9.59 Å². The second-order valence-corrected chi connectivity index (χ2v) is 7.75. The van der Waals surface area contributed by atoms with Crippen molar-refractivity contribution in [3.8, 4) is 11.3 Å². The van der Waals surface area contributed by atoms with Gasteiger partial charge in [0.1, 0.15) is 0 Å². The number of thiazole rings is 1. The zero-order chi connectivity index (χ0) is 21.8. The summed E-state index contributed by atoms with van der Waals surface area (Å²) in [5.41, 5.74) is 2.67. The molecule has 1 aliphatic rings. The van der Waals surface area contributed by atoms with Gasteiger partial charge in [0.05, 0.1) is 18.0 Å². The third-order valence-corrected chi connectivity index (χ3v) is 5.49. The van der Waals surface area contributed by atoms with Gasteiger partial charge >= 0.3 is 0 Å². The minimum atomic E-state index is -0.963. The Bertz CT molecular complexity index is 1150. The monoisotopic (exact) mass is 440 g/mol. The molecule has 0 aliphatic carbocycles. The van der Waals surface area contributed by atoms with E-state index in [0.29, 0.717) is 29.4 Å². The quantitative estimate of drug-likeness (QED) is 0.616. The van der Waals surface area contributed by atoms with E-state index in [1.807, 2.05) is 30.3 Å². The second kappa shape index (κ2) is 9.13. The van der Waals surface area contributed by atoms with Crippen LogP contribution < -0.4 is 5.32 Å². The number of anilines is 1. The van der Waals surface area contributed by atoms with Gasteiger partial charge in [-0.1, -0.05) is 30.3 Å². The number of carbonyl (C=O) groups excluding carboxylic acids is 2. The Hall–Kier alpha value is -3.46. The van der Waals surface area contributed by atoms with Gasteiger partial charge in [0.15, 0.2) is 16.8 Å². The Balaban J connectivity index is 1.30. The molecule has 0 fully saturated rings. The van der Waals surface area contributed by atoms with Crippen molar-refractivity contribution in [1.29, 1.82) is 0 Å². The molecule has 3 aromatic rings. The summed E-state index contributed by atoms with van der Waals surface area (Å²) in [5, 5.41) is 10.4. The Morgan fingerprint density at radius 3 is 2.61 bits per heavy atom. The Kier molecular flexibility index (Phi) is 6.13. The molecule has 9 heteroatoms. The largest absolute Gasteiger partial charge is 0.302 e. The lowest BCUT2D eigenvalue weighted by atomic mass is 10.1. The third kappa shape index (κ3) is 5.00. The Morgan fingerprint density at radius 1 is 1.03 bits per heavy atom. The number of benzene rings is 2. The smallest absolute Gasteiger partial charge is 0.243 e. The van der Waals surface area contributed by atoms with Crippen LogP contribution in [-0.2, 0) is 9.59 Å². The molecule has 31 heavy (non-hydrogen) atoms. The molecule has 0 bridgehead atoms. The van der Waals surface area contributed by atoms with Crippen molar-refractivity contribution in [3.05, 3.63) is 71.1 Å². The van der Waals surface area contributed by atoms with E-state index in [2.05, 4.69) is 15.4 Å². The van der Waals surface area contributed by atoms with Gasteiger partial charge in [0, 0.05) is 30.2 Å². The first-order valence-corrected chi connectivity index (χ1v) is 10.5. The average Bonchev–Trinajstić information content (AvgIpc) is 3.45. The summed E-state index contributed by atoms with van der Waals surface area (Å²) in [4.78, 5) is 28.8. The first-order chi connectivity index (χ1) is 15.0. The molecule has 158 valence electrons. The molecule has 0 radical (unpaired) electrons. The summed E-state index contributed by atoms with van der Waals surface area (Å²) in [7, 11) is 0. The number of hydrazone groups is 1. The minimum Gasteiger partial charge on any atom is -0.302 e. The standard InChI is InChI=1S/C22H18F2N4O2S/c23-16-7-6-15(12-17(16)24)19-13-31-22(25-19)26-20(29)8-9-21(30)28-11-10-18(27-28)14-4-2-1-3-5-14/h1-7,12-13H,8-11H2,(H,25,26,29). The molecular weight excluding hydrogens is 422 g/mol. The molecule has 2 aromatic carbocycles. The fourth-order valence-corrected chi connectivity index (χ4v) is 3.86. The van der Waals surface area contributed by atoms with Crippen LogP contribution in [0.5, 0.6) is 0 Å². The van der Waals surface area contributed by atoms with Gasteiger partial charge in [-0.25, -0.2) is 18.8 Å². The predicted molar refractivity (Wildman–Crippen MR) is 115 cm³/mol. The lowest BCUT2D eigenvalue weighted by Crippen LogP contribution is -2.24. The van der Waals surface area contributed by atoms with Crippen LogP contribution in [0.25, 0.3) is 11.3 Å². The van der Waals surface area contributed by atoms with E-state index in [1.54, 1.807) is 5.38 Å². The van der Waals surface area contributed by atoms with Crippen LogP contribution in [0.4, 0.5) is 13.9 Å². The van der Waals surface area contributed by atoms with E-state index in [-0.39, 0.29) is 24.7 Å². The van der Waals surface area contributed by atoms with Crippen molar-refractivity contribution in [2.45, 2.75) is 19.3 Å². The summed E-state index contributed by atoms with van der Waals surface area (Å²) in [6, 6.07) is 13.1. The van der Waals surface area contributed by atoms with Crippen LogP contribution in [0.3, 0.4) is 0 Å².